The van der Waals surface area contributed by atoms with Gasteiger partial charge in [-0.2, -0.15) is 0 Å². The molecule has 0 atom stereocenters. The number of likely N-dealkylation sites (tertiary alicyclic amines) is 1. The Kier molecular flexibility index (Phi) is 3.33. The molecule has 102 valence electrons. The Hall–Kier alpha value is -2.43. The highest BCUT2D eigenvalue weighted by Crippen LogP contribution is 2.18. The number of carbonyl (C=O) groups excluding carboxylic acids is 1. The largest absolute Gasteiger partial charge is 0.471 e. The van der Waals surface area contributed by atoms with E-state index in [-0.39, 0.29) is 12.0 Å². The zero-order valence-corrected chi connectivity index (χ0v) is 11.2. The van der Waals surface area contributed by atoms with Crippen LogP contribution in [0.15, 0.2) is 42.7 Å². The molecule has 0 radical (unpaired) electrons. The smallest absolute Gasteiger partial charge is 0.255 e. The van der Waals surface area contributed by atoms with Crippen LogP contribution in [0.25, 0.3) is 0 Å². The molecule has 0 unspecified atom stereocenters. The molecule has 0 spiro atoms. The van der Waals surface area contributed by atoms with Crippen LogP contribution in [0.5, 0.6) is 5.88 Å². The Labute approximate surface area is 117 Å². The number of rotatable bonds is 3. The van der Waals surface area contributed by atoms with Crippen LogP contribution in [-0.2, 0) is 0 Å². The van der Waals surface area contributed by atoms with E-state index in [0.717, 1.165) is 5.69 Å². The van der Waals surface area contributed by atoms with Crippen molar-refractivity contribution >= 4 is 5.91 Å². The molecule has 2 aromatic heterocycles. The van der Waals surface area contributed by atoms with E-state index in [0.29, 0.717) is 24.5 Å². The van der Waals surface area contributed by atoms with E-state index in [1.165, 1.54) is 0 Å². The Morgan fingerprint density at radius 3 is 2.85 bits per heavy atom. The Balaban J connectivity index is 1.55. The summed E-state index contributed by atoms with van der Waals surface area (Å²) in [6.07, 6.45) is 3.26. The lowest BCUT2D eigenvalue weighted by atomic mass is 10.1. The molecular weight excluding hydrogens is 254 g/mol. The van der Waals surface area contributed by atoms with Gasteiger partial charge in [-0.05, 0) is 25.1 Å². The zero-order chi connectivity index (χ0) is 13.9. The average molecular weight is 269 g/mol. The van der Waals surface area contributed by atoms with Crippen LogP contribution in [0.1, 0.15) is 16.1 Å². The van der Waals surface area contributed by atoms with Gasteiger partial charge in [0.05, 0.1) is 18.7 Å². The molecule has 0 saturated carbocycles. The molecule has 0 N–H and O–H groups in total. The molecule has 2 aromatic rings. The van der Waals surface area contributed by atoms with Gasteiger partial charge in [-0.3, -0.25) is 9.78 Å². The second-order valence-electron chi connectivity index (χ2n) is 4.81. The molecule has 0 aliphatic carbocycles. The number of aromatic nitrogens is 2. The van der Waals surface area contributed by atoms with Crippen LogP contribution in [-0.4, -0.2) is 40.0 Å². The van der Waals surface area contributed by atoms with Crippen LogP contribution in [0.3, 0.4) is 0 Å². The van der Waals surface area contributed by atoms with E-state index in [9.17, 15) is 4.79 Å². The number of pyridine rings is 2. The highest BCUT2D eigenvalue weighted by molar-refractivity contribution is 5.94. The van der Waals surface area contributed by atoms with Crippen molar-refractivity contribution in [3.63, 3.8) is 0 Å². The maximum absolute atomic E-state index is 12.1. The first-order valence-electron chi connectivity index (χ1n) is 6.52. The fourth-order valence-electron chi connectivity index (χ4n) is 2.10. The third-order valence-electron chi connectivity index (χ3n) is 3.19. The summed E-state index contributed by atoms with van der Waals surface area (Å²) in [6, 6.07) is 9.20. The van der Waals surface area contributed by atoms with Gasteiger partial charge >= 0.3 is 0 Å². The maximum Gasteiger partial charge on any atom is 0.255 e. The van der Waals surface area contributed by atoms with E-state index < -0.39 is 0 Å². The van der Waals surface area contributed by atoms with Gasteiger partial charge in [0.2, 0.25) is 5.88 Å². The molecule has 0 aromatic carbocycles. The summed E-state index contributed by atoms with van der Waals surface area (Å²) in [4.78, 5) is 22.1. The first-order valence-corrected chi connectivity index (χ1v) is 6.52. The number of hydrogen-bond donors (Lipinski definition) is 0. The number of nitrogens with zero attached hydrogens (tertiary/aromatic N) is 3. The predicted molar refractivity (Wildman–Crippen MR) is 73.5 cm³/mol. The van der Waals surface area contributed by atoms with E-state index >= 15 is 0 Å². The lowest BCUT2D eigenvalue weighted by Crippen LogP contribution is -2.56. The van der Waals surface area contributed by atoms with Crippen molar-refractivity contribution in [3.8, 4) is 5.88 Å². The molecule has 1 amide bonds. The highest BCUT2D eigenvalue weighted by Gasteiger charge is 2.33. The lowest BCUT2D eigenvalue weighted by molar-refractivity contribution is 0.0159. The highest BCUT2D eigenvalue weighted by atomic mass is 16.5. The van der Waals surface area contributed by atoms with Crippen LogP contribution in [0.4, 0.5) is 0 Å². The van der Waals surface area contributed by atoms with Gasteiger partial charge in [-0.25, -0.2) is 4.98 Å². The Morgan fingerprint density at radius 1 is 1.30 bits per heavy atom. The number of hydrogen-bond acceptors (Lipinski definition) is 4. The third-order valence-corrected chi connectivity index (χ3v) is 3.19. The quantitative estimate of drug-likeness (QED) is 0.851. The predicted octanol–water partition coefficient (Wildman–Crippen LogP) is 1.69. The Bertz CT molecular complexity index is 610. The zero-order valence-electron chi connectivity index (χ0n) is 11.2. The minimum Gasteiger partial charge on any atom is -0.471 e. The number of ether oxygens (including phenoxy) is 1. The van der Waals surface area contributed by atoms with E-state index in [2.05, 4.69) is 9.97 Å². The second kappa shape index (κ2) is 5.28. The summed E-state index contributed by atoms with van der Waals surface area (Å²) in [5, 5.41) is 0. The number of amides is 1. The van der Waals surface area contributed by atoms with Gasteiger partial charge in [-0.15, -0.1) is 0 Å². The van der Waals surface area contributed by atoms with E-state index in [1.54, 1.807) is 29.4 Å². The number of carbonyl (C=O) groups is 1. The summed E-state index contributed by atoms with van der Waals surface area (Å²) in [5.74, 6) is 0.610. The van der Waals surface area contributed by atoms with Gasteiger partial charge in [0.1, 0.15) is 6.10 Å². The normalized spacial score (nSPS) is 14.8. The summed E-state index contributed by atoms with van der Waals surface area (Å²) >= 11 is 0. The maximum atomic E-state index is 12.1. The topological polar surface area (TPSA) is 55.3 Å². The van der Waals surface area contributed by atoms with Crippen LogP contribution >= 0.6 is 0 Å². The van der Waals surface area contributed by atoms with Crippen LogP contribution in [0, 0.1) is 6.92 Å². The molecule has 3 rings (SSSR count). The van der Waals surface area contributed by atoms with Crippen molar-refractivity contribution < 1.29 is 9.53 Å². The molecule has 1 fully saturated rings. The standard InChI is InChI=1S/C15H15N3O2/c1-11-4-2-6-14(17-11)20-13-9-18(10-13)15(19)12-5-3-7-16-8-12/h2-8,13H,9-10H2,1H3. The minimum absolute atomic E-state index is 0.00449. The molecule has 1 aliphatic heterocycles. The first kappa shape index (κ1) is 12.6. The van der Waals surface area contributed by atoms with Crippen molar-refractivity contribution in [1.82, 2.24) is 14.9 Å². The molecule has 20 heavy (non-hydrogen) atoms. The summed E-state index contributed by atoms with van der Waals surface area (Å²) in [7, 11) is 0. The summed E-state index contributed by atoms with van der Waals surface area (Å²) < 4.78 is 5.73. The summed E-state index contributed by atoms with van der Waals surface area (Å²) in [5.41, 5.74) is 1.53. The van der Waals surface area contributed by atoms with Gasteiger partial charge in [0.25, 0.3) is 5.91 Å². The van der Waals surface area contributed by atoms with Gasteiger partial charge in [0, 0.05) is 24.2 Å². The summed E-state index contributed by atoms with van der Waals surface area (Å²) in [6.45, 7) is 3.10. The van der Waals surface area contributed by atoms with Gasteiger partial charge < -0.3 is 9.64 Å². The molecule has 0 bridgehead atoms. The molecule has 5 heteroatoms. The average Bonchev–Trinajstić information content (AvgIpc) is 2.43. The van der Waals surface area contributed by atoms with Crippen molar-refractivity contribution in [3.05, 3.63) is 54.0 Å². The van der Waals surface area contributed by atoms with E-state index in [1.807, 2.05) is 25.1 Å². The van der Waals surface area contributed by atoms with E-state index in [4.69, 9.17) is 4.74 Å². The lowest BCUT2D eigenvalue weighted by Gasteiger charge is -2.38. The monoisotopic (exact) mass is 269 g/mol. The molecule has 5 nitrogen and oxygen atoms in total. The van der Waals surface area contributed by atoms with Gasteiger partial charge in [-0.1, -0.05) is 6.07 Å². The molecule has 1 saturated heterocycles. The fourth-order valence-corrected chi connectivity index (χ4v) is 2.10. The fraction of sp³-hybridized carbons (Fsp3) is 0.267. The molecule has 1 aliphatic rings. The van der Waals surface area contributed by atoms with Crippen LogP contribution in [0.2, 0.25) is 0 Å². The molecule has 3 heterocycles. The van der Waals surface area contributed by atoms with Crippen molar-refractivity contribution in [1.29, 1.82) is 0 Å². The minimum atomic E-state index is -0.00449. The third kappa shape index (κ3) is 2.61. The van der Waals surface area contributed by atoms with Crippen LogP contribution < -0.4 is 4.74 Å². The van der Waals surface area contributed by atoms with Crippen molar-refractivity contribution in [2.45, 2.75) is 13.0 Å². The first-order chi connectivity index (χ1) is 9.72. The number of aryl methyl sites for hydroxylation is 1. The molecular formula is C15H15N3O2. The second-order valence-corrected chi connectivity index (χ2v) is 4.81. The van der Waals surface area contributed by atoms with Gasteiger partial charge in [0.15, 0.2) is 0 Å². The van der Waals surface area contributed by atoms with Crippen molar-refractivity contribution in [2.24, 2.45) is 0 Å². The Morgan fingerprint density at radius 2 is 2.15 bits per heavy atom. The van der Waals surface area contributed by atoms with Crippen molar-refractivity contribution in [2.75, 3.05) is 13.1 Å². The SMILES string of the molecule is Cc1cccc(OC2CN(C(=O)c3cccnc3)C2)n1.